The number of hydrogen-bond acceptors (Lipinski definition) is 4. The van der Waals surface area contributed by atoms with Crippen molar-refractivity contribution in [3.8, 4) is 0 Å². The van der Waals surface area contributed by atoms with Gasteiger partial charge in [0, 0.05) is 0 Å². The van der Waals surface area contributed by atoms with Crippen LogP contribution >= 0.6 is 0 Å². The minimum Gasteiger partial charge on any atom is -0.445 e. The first-order chi connectivity index (χ1) is 8.03. The third-order valence-electron chi connectivity index (χ3n) is 2.65. The highest BCUT2D eigenvalue weighted by atomic mass is 16.6. The van der Waals surface area contributed by atoms with Gasteiger partial charge in [0.15, 0.2) is 0 Å². The van der Waals surface area contributed by atoms with Crippen LogP contribution in [0.1, 0.15) is 17.3 Å². The largest absolute Gasteiger partial charge is 0.445 e. The van der Waals surface area contributed by atoms with E-state index < -0.39 is 23.6 Å². The Bertz CT molecular complexity index is 439. The van der Waals surface area contributed by atoms with Gasteiger partial charge in [-0.15, -0.1) is 0 Å². The van der Waals surface area contributed by atoms with Gasteiger partial charge in [-0.1, -0.05) is 18.2 Å². The van der Waals surface area contributed by atoms with Crippen LogP contribution in [0.4, 0.5) is 0 Å². The molecule has 5 heteroatoms. The smallest absolute Gasteiger partial charge is 0.339 e. The summed E-state index contributed by atoms with van der Waals surface area (Å²) in [6.45, 7) is 2.05. The van der Waals surface area contributed by atoms with E-state index in [2.05, 4.69) is 0 Å². The molecule has 2 rings (SSSR count). The van der Waals surface area contributed by atoms with Crippen molar-refractivity contribution in [3.05, 3.63) is 35.9 Å². The first kappa shape index (κ1) is 11.6. The van der Waals surface area contributed by atoms with Crippen molar-refractivity contribution < 1.29 is 19.1 Å². The van der Waals surface area contributed by atoms with Crippen molar-refractivity contribution in [2.45, 2.75) is 18.6 Å². The molecule has 1 heterocycles. The summed E-state index contributed by atoms with van der Waals surface area (Å²) in [5.41, 5.74) is 4.80. The normalized spacial score (nSPS) is 23.8. The Morgan fingerprint density at radius 2 is 2.00 bits per heavy atom. The second-order valence-electron chi connectivity index (χ2n) is 4.16. The van der Waals surface area contributed by atoms with Crippen LogP contribution in [0, 0.1) is 0 Å². The average molecular weight is 235 g/mol. The van der Waals surface area contributed by atoms with Gasteiger partial charge in [0.05, 0.1) is 12.2 Å². The molecule has 0 unspecified atom stereocenters. The summed E-state index contributed by atoms with van der Waals surface area (Å²) in [7, 11) is 0. The van der Waals surface area contributed by atoms with Gasteiger partial charge in [-0.2, -0.15) is 0 Å². The number of rotatable bonds is 4. The summed E-state index contributed by atoms with van der Waals surface area (Å²) < 4.78 is 10.2. The molecule has 2 N–H and O–H groups in total. The lowest BCUT2D eigenvalue weighted by Crippen LogP contribution is -2.43. The highest BCUT2D eigenvalue weighted by Gasteiger charge is 2.52. The van der Waals surface area contributed by atoms with E-state index in [1.165, 1.54) is 0 Å². The maximum atomic E-state index is 11.7. The van der Waals surface area contributed by atoms with Gasteiger partial charge in [-0.25, -0.2) is 4.79 Å². The lowest BCUT2D eigenvalue weighted by Gasteiger charge is -2.17. The number of ether oxygens (including phenoxy) is 2. The first-order valence-electron chi connectivity index (χ1n) is 5.22. The Morgan fingerprint density at radius 3 is 2.47 bits per heavy atom. The Balaban J connectivity index is 2.09. The van der Waals surface area contributed by atoms with Crippen LogP contribution in [0.3, 0.4) is 0 Å². The molecule has 1 fully saturated rings. The van der Waals surface area contributed by atoms with Crippen molar-refractivity contribution in [2.24, 2.45) is 5.73 Å². The summed E-state index contributed by atoms with van der Waals surface area (Å²) in [6, 6.07) is 8.43. The number of carbonyl (C=O) groups is 2. The van der Waals surface area contributed by atoms with E-state index in [4.69, 9.17) is 15.2 Å². The van der Waals surface area contributed by atoms with E-state index in [1.54, 1.807) is 37.3 Å². The number of amides is 1. The highest BCUT2D eigenvalue weighted by Crippen LogP contribution is 2.32. The Hall–Kier alpha value is -1.88. The molecule has 1 amide bonds. The number of benzene rings is 1. The Labute approximate surface area is 98.5 Å². The Kier molecular flexibility index (Phi) is 2.85. The summed E-state index contributed by atoms with van der Waals surface area (Å²) in [5, 5.41) is 0. The third-order valence-corrected chi connectivity index (χ3v) is 2.65. The molecule has 0 aromatic heterocycles. The maximum absolute atomic E-state index is 11.7. The second kappa shape index (κ2) is 4.18. The maximum Gasteiger partial charge on any atom is 0.339 e. The fourth-order valence-corrected chi connectivity index (χ4v) is 1.50. The van der Waals surface area contributed by atoms with Crippen LogP contribution in [-0.2, 0) is 14.3 Å². The second-order valence-corrected chi connectivity index (χ2v) is 4.16. The minimum atomic E-state index is -1.05. The number of nitrogens with two attached hydrogens (primary N) is 1. The van der Waals surface area contributed by atoms with Gasteiger partial charge in [0.2, 0.25) is 6.10 Å². The number of carbonyl (C=O) groups excluding carboxylic acids is 2. The number of epoxide rings is 1. The lowest BCUT2D eigenvalue weighted by molar-refractivity contribution is -0.129. The molecule has 2 atom stereocenters. The van der Waals surface area contributed by atoms with E-state index in [0.29, 0.717) is 12.2 Å². The van der Waals surface area contributed by atoms with Crippen LogP contribution in [-0.4, -0.2) is 30.2 Å². The van der Waals surface area contributed by atoms with Gasteiger partial charge in [-0.05, 0) is 19.1 Å². The number of hydrogen-bond donors (Lipinski definition) is 1. The van der Waals surface area contributed by atoms with Crippen molar-refractivity contribution in [3.63, 3.8) is 0 Å². The standard InChI is InChI=1S/C12H13NO4/c1-12(7-16-12)9(10(13)14)17-11(15)8-5-3-2-4-6-8/h2-6,9H,7H2,1H3,(H2,13,14)/t9-,12+/m1/s1. The number of esters is 1. The van der Waals surface area contributed by atoms with E-state index in [-0.39, 0.29) is 0 Å². The fraction of sp³-hybridized carbons (Fsp3) is 0.333. The topological polar surface area (TPSA) is 81.9 Å². The summed E-state index contributed by atoms with van der Waals surface area (Å²) in [5.74, 6) is -1.28. The van der Waals surface area contributed by atoms with Gasteiger partial charge in [0.1, 0.15) is 5.60 Å². The van der Waals surface area contributed by atoms with Gasteiger partial charge in [0.25, 0.3) is 5.91 Å². The molecular weight excluding hydrogens is 222 g/mol. The molecule has 1 saturated heterocycles. The molecule has 1 aliphatic rings. The predicted molar refractivity (Wildman–Crippen MR) is 59.2 cm³/mol. The molecular formula is C12H13NO4. The molecule has 0 aliphatic carbocycles. The van der Waals surface area contributed by atoms with E-state index in [9.17, 15) is 9.59 Å². The number of primary amides is 1. The Morgan fingerprint density at radius 1 is 1.41 bits per heavy atom. The van der Waals surface area contributed by atoms with Crippen LogP contribution in [0.2, 0.25) is 0 Å². The molecule has 90 valence electrons. The summed E-state index contributed by atoms with van der Waals surface area (Å²) >= 11 is 0. The van der Waals surface area contributed by atoms with E-state index in [1.807, 2.05) is 0 Å². The predicted octanol–water partition coefficient (Wildman–Crippen LogP) is 0.486. The molecule has 0 saturated carbocycles. The SMILES string of the molecule is C[C@@]1([C@H](OC(=O)c2ccccc2)C(N)=O)CO1. The monoisotopic (exact) mass is 235 g/mol. The molecule has 1 aromatic carbocycles. The van der Waals surface area contributed by atoms with Crippen LogP contribution in [0.5, 0.6) is 0 Å². The lowest BCUT2D eigenvalue weighted by atomic mass is 10.1. The van der Waals surface area contributed by atoms with Crippen molar-refractivity contribution in [1.82, 2.24) is 0 Å². The van der Waals surface area contributed by atoms with Crippen molar-refractivity contribution in [1.29, 1.82) is 0 Å². The van der Waals surface area contributed by atoms with Crippen molar-refractivity contribution in [2.75, 3.05) is 6.61 Å². The molecule has 1 aliphatic heterocycles. The zero-order valence-electron chi connectivity index (χ0n) is 9.38. The van der Waals surface area contributed by atoms with Gasteiger partial charge < -0.3 is 15.2 Å². The third kappa shape index (κ3) is 2.45. The van der Waals surface area contributed by atoms with E-state index >= 15 is 0 Å². The van der Waals surface area contributed by atoms with Crippen LogP contribution in [0.25, 0.3) is 0 Å². The van der Waals surface area contributed by atoms with Crippen LogP contribution < -0.4 is 5.73 Å². The molecule has 5 nitrogen and oxygen atoms in total. The first-order valence-corrected chi connectivity index (χ1v) is 5.22. The minimum absolute atomic E-state index is 0.364. The molecule has 0 spiro atoms. The fourth-order valence-electron chi connectivity index (χ4n) is 1.50. The van der Waals surface area contributed by atoms with Gasteiger partial charge in [-0.3, -0.25) is 4.79 Å². The van der Waals surface area contributed by atoms with Crippen LogP contribution in [0.15, 0.2) is 30.3 Å². The zero-order chi connectivity index (χ0) is 12.5. The average Bonchev–Trinajstić information content (AvgIpc) is 3.05. The van der Waals surface area contributed by atoms with E-state index in [0.717, 1.165) is 0 Å². The molecule has 1 aromatic rings. The zero-order valence-corrected chi connectivity index (χ0v) is 9.38. The molecule has 0 radical (unpaired) electrons. The molecule has 0 bridgehead atoms. The highest BCUT2D eigenvalue weighted by molar-refractivity contribution is 5.92. The summed E-state index contributed by atoms with van der Waals surface area (Å²) in [4.78, 5) is 23.0. The van der Waals surface area contributed by atoms with Gasteiger partial charge >= 0.3 is 5.97 Å². The quantitative estimate of drug-likeness (QED) is 0.608. The van der Waals surface area contributed by atoms with Crippen molar-refractivity contribution >= 4 is 11.9 Å². The molecule has 17 heavy (non-hydrogen) atoms. The summed E-state index contributed by atoms with van der Waals surface area (Å²) in [6.07, 6.45) is -1.05.